The number of carboxylic acid groups (broad SMARTS) is 1. The molecule has 1 aliphatic carbocycles. The Kier molecular flexibility index (Phi) is 6.18. The standard InChI is InChI=1S/C27H25N3O5/c31-25(30-15-6-5-13-23(30)26(32)33)24-22(12-7-14-28-24)29-27(34)35-16-21-19-10-3-1-8-17(19)18-9-2-4-11-20(18)21/h1-4,7-12,14,21,23H,5-6,13,15-16H2,(H,29,34)(H,32,33)/t23-/m1/s1. The molecule has 0 saturated carbocycles. The molecule has 2 aliphatic rings. The first kappa shape index (κ1) is 22.6. The molecule has 0 bridgehead atoms. The number of carboxylic acids is 1. The lowest BCUT2D eigenvalue weighted by molar-refractivity contribution is -0.143. The number of benzene rings is 2. The summed E-state index contributed by atoms with van der Waals surface area (Å²) in [7, 11) is 0. The second kappa shape index (κ2) is 9.58. The molecule has 1 atom stereocenters. The van der Waals surface area contributed by atoms with E-state index in [4.69, 9.17) is 4.74 Å². The van der Waals surface area contributed by atoms with Crippen LogP contribution in [-0.4, -0.2) is 52.2 Å². The number of nitrogens with zero attached hydrogens (tertiary/aromatic N) is 2. The number of hydrogen-bond donors (Lipinski definition) is 2. The van der Waals surface area contributed by atoms with Crippen LogP contribution in [0.15, 0.2) is 66.9 Å². The monoisotopic (exact) mass is 471 g/mol. The molecule has 3 aromatic rings. The minimum atomic E-state index is -1.04. The summed E-state index contributed by atoms with van der Waals surface area (Å²) in [6, 6.07) is 18.4. The number of hydrogen-bond acceptors (Lipinski definition) is 5. The van der Waals surface area contributed by atoms with Crippen molar-refractivity contribution in [2.24, 2.45) is 0 Å². The van der Waals surface area contributed by atoms with Crippen molar-refractivity contribution in [2.45, 2.75) is 31.2 Å². The van der Waals surface area contributed by atoms with E-state index >= 15 is 0 Å². The van der Waals surface area contributed by atoms with Gasteiger partial charge >= 0.3 is 12.1 Å². The molecule has 2 N–H and O–H groups in total. The smallest absolute Gasteiger partial charge is 0.411 e. The third-order valence-corrected chi connectivity index (χ3v) is 6.64. The van der Waals surface area contributed by atoms with Crippen LogP contribution in [-0.2, 0) is 9.53 Å². The summed E-state index contributed by atoms with van der Waals surface area (Å²) in [6.07, 6.45) is 2.59. The molecule has 0 spiro atoms. The van der Waals surface area contributed by atoms with Crippen molar-refractivity contribution >= 4 is 23.7 Å². The van der Waals surface area contributed by atoms with E-state index in [0.29, 0.717) is 13.0 Å². The van der Waals surface area contributed by atoms with E-state index in [-0.39, 0.29) is 23.9 Å². The van der Waals surface area contributed by atoms with Gasteiger partial charge < -0.3 is 14.7 Å². The Morgan fingerprint density at radius 1 is 0.971 bits per heavy atom. The molecule has 0 radical (unpaired) electrons. The van der Waals surface area contributed by atoms with Gasteiger partial charge in [-0.2, -0.15) is 0 Å². The molecule has 1 fully saturated rings. The number of carbonyl (C=O) groups is 3. The van der Waals surface area contributed by atoms with Gasteiger partial charge in [-0.05, 0) is 53.6 Å². The maximum absolute atomic E-state index is 13.2. The zero-order chi connectivity index (χ0) is 24.4. The van der Waals surface area contributed by atoms with Crippen LogP contribution in [0.3, 0.4) is 0 Å². The Labute approximate surface area is 202 Å². The number of amides is 2. The van der Waals surface area contributed by atoms with Gasteiger partial charge in [-0.1, -0.05) is 48.5 Å². The lowest BCUT2D eigenvalue weighted by atomic mass is 9.98. The molecular formula is C27H25N3O5. The van der Waals surface area contributed by atoms with Crippen LogP contribution in [0.1, 0.15) is 46.8 Å². The first-order valence-electron chi connectivity index (χ1n) is 11.7. The fraction of sp³-hybridized carbons (Fsp3) is 0.259. The number of piperidine rings is 1. The number of aliphatic carboxylic acids is 1. The Bertz CT molecular complexity index is 1250. The molecule has 35 heavy (non-hydrogen) atoms. The highest BCUT2D eigenvalue weighted by molar-refractivity contribution is 6.02. The van der Waals surface area contributed by atoms with Crippen LogP contribution in [0, 0.1) is 0 Å². The highest BCUT2D eigenvalue weighted by atomic mass is 16.5. The molecule has 5 rings (SSSR count). The highest BCUT2D eigenvalue weighted by Gasteiger charge is 2.34. The van der Waals surface area contributed by atoms with Gasteiger partial charge in [-0.25, -0.2) is 14.6 Å². The minimum absolute atomic E-state index is 0.00541. The van der Waals surface area contributed by atoms with E-state index in [2.05, 4.69) is 22.4 Å². The van der Waals surface area contributed by atoms with E-state index in [1.807, 2.05) is 36.4 Å². The summed E-state index contributed by atoms with van der Waals surface area (Å²) >= 11 is 0. The largest absolute Gasteiger partial charge is 0.480 e. The molecule has 1 aliphatic heterocycles. The molecule has 1 aromatic heterocycles. The second-order valence-electron chi connectivity index (χ2n) is 8.70. The SMILES string of the molecule is O=C(Nc1cccnc1C(=O)N1CCCC[C@@H]1C(=O)O)OCC1c2ccccc2-c2ccccc21. The summed E-state index contributed by atoms with van der Waals surface area (Å²) in [5.74, 6) is -1.65. The Hall–Kier alpha value is -4.20. The molecular weight excluding hydrogens is 446 g/mol. The zero-order valence-corrected chi connectivity index (χ0v) is 19.0. The lowest BCUT2D eigenvalue weighted by Crippen LogP contribution is -2.48. The number of carbonyl (C=O) groups excluding carboxylic acids is 2. The van der Waals surface area contributed by atoms with Crippen LogP contribution in [0.5, 0.6) is 0 Å². The second-order valence-corrected chi connectivity index (χ2v) is 8.70. The Morgan fingerprint density at radius 3 is 2.34 bits per heavy atom. The fourth-order valence-electron chi connectivity index (χ4n) is 4.99. The molecule has 1 saturated heterocycles. The maximum Gasteiger partial charge on any atom is 0.411 e. The molecule has 2 heterocycles. The number of anilines is 1. The van der Waals surface area contributed by atoms with Gasteiger partial charge in [-0.3, -0.25) is 10.1 Å². The first-order chi connectivity index (χ1) is 17.0. The van der Waals surface area contributed by atoms with Crippen LogP contribution in [0.25, 0.3) is 11.1 Å². The van der Waals surface area contributed by atoms with Gasteiger partial charge in [0, 0.05) is 18.7 Å². The van der Waals surface area contributed by atoms with E-state index in [0.717, 1.165) is 35.1 Å². The molecule has 2 aromatic carbocycles. The van der Waals surface area contributed by atoms with Crippen LogP contribution < -0.4 is 5.32 Å². The molecule has 8 heteroatoms. The van der Waals surface area contributed by atoms with Gasteiger partial charge in [0.2, 0.25) is 0 Å². The number of pyridine rings is 1. The third-order valence-electron chi connectivity index (χ3n) is 6.64. The normalized spacial score (nSPS) is 16.8. The van der Waals surface area contributed by atoms with Crippen molar-refractivity contribution in [1.82, 2.24) is 9.88 Å². The molecule has 0 unspecified atom stereocenters. The van der Waals surface area contributed by atoms with Crippen molar-refractivity contribution in [1.29, 1.82) is 0 Å². The summed E-state index contributed by atoms with van der Waals surface area (Å²) in [4.78, 5) is 43.0. The van der Waals surface area contributed by atoms with Gasteiger partial charge in [0.25, 0.3) is 5.91 Å². The van der Waals surface area contributed by atoms with Gasteiger partial charge in [0.1, 0.15) is 12.6 Å². The number of likely N-dealkylation sites (tertiary alicyclic amines) is 1. The summed E-state index contributed by atoms with van der Waals surface area (Å²) in [6.45, 7) is 0.466. The highest BCUT2D eigenvalue weighted by Crippen LogP contribution is 2.44. The predicted octanol–water partition coefficient (Wildman–Crippen LogP) is 4.52. The number of aromatic nitrogens is 1. The van der Waals surface area contributed by atoms with E-state index in [9.17, 15) is 19.5 Å². The van der Waals surface area contributed by atoms with Gasteiger partial charge in [0.15, 0.2) is 5.69 Å². The number of nitrogens with one attached hydrogen (secondary N) is 1. The van der Waals surface area contributed by atoms with Crippen LogP contribution >= 0.6 is 0 Å². The topological polar surface area (TPSA) is 109 Å². The van der Waals surface area contributed by atoms with E-state index in [1.165, 1.54) is 11.1 Å². The zero-order valence-electron chi connectivity index (χ0n) is 19.0. The molecule has 8 nitrogen and oxygen atoms in total. The predicted molar refractivity (Wildman–Crippen MR) is 129 cm³/mol. The average molecular weight is 472 g/mol. The van der Waals surface area contributed by atoms with Crippen molar-refractivity contribution in [2.75, 3.05) is 18.5 Å². The minimum Gasteiger partial charge on any atom is -0.480 e. The Morgan fingerprint density at radius 2 is 1.66 bits per heavy atom. The summed E-state index contributed by atoms with van der Waals surface area (Å²) < 4.78 is 5.59. The Balaban J connectivity index is 1.30. The van der Waals surface area contributed by atoms with Gasteiger partial charge in [0.05, 0.1) is 5.69 Å². The van der Waals surface area contributed by atoms with Crippen LogP contribution in [0.4, 0.5) is 10.5 Å². The quantitative estimate of drug-likeness (QED) is 0.566. The van der Waals surface area contributed by atoms with E-state index in [1.54, 1.807) is 12.1 Å². The molecule has 2 amide bonds. The molecule has 178 valence electrons. The van der Waals surface area contributed by atoms with Crippen molar-refractivity contribution < 1.29 is 24.2 Å². The maximum atomic E-state index is 13.2. The van der Waals surface area contributed by atoms with Crippen LogP contribution in [0.2, 0.25) is 0 Å². The van der Waals surface area contributed by atoms with Crippen molar-refractivity contribution in [3.05, 3.63) is 83.7 Å². The number of rotatable bonds is 5. The van der Waals surface area contributed by atoms with Gasteiger partial charge in [-0.15, -0.1) is 0 Å². The van der Waals surface area contributed by atoms with E-state index < -0.39 is 24.0 Å². The number of ether oxygens (including phenoxy) is 1. The lowest BCUT2D eigenvalue weighted by Gasteiger charge is -2.33. The fourth-order valence-corrected chi connectivity index (χ4v) is 4.99. The summed E-state index contributed by atoms with van der Waals surface area (Å²) in [5, 5.41) is 12.2. The number of fused-ring (bicyclic) bond motifs is 3. The first-order valence-corrected chi connectivity index (χ1v) is 11.7. The third kappa shape index (κ3) is 4.35. The summed E-state index contributed by atoms with van der Waals surface area (Å²) in [5.41, 5.74) is 4.64. The van der Waals surface area contributed by atoms with Crippen molar-refractivity contribution in [3.63, 3.8) is 0 Å². The average Bonchev–Trinajstić information content (AvgIpc) is 3.21. The van der Waals surface area contributed by atoms with Crippen molar-refractivity contribution in [3.8, 4) is 11.1 Å².